The van der Waals surface area contributed by atoms with Crippen LogP contribution in [0.2, 0.25) is 0 Å². The van der Waals surface area contributed by atoms with E-state index in [4.69, 9.17) is 10.2 Å². The second kappa shape index (κ2) is 9.86. The molecule has 0 heterocycles. The molecule has 0 radical (unpaired) electrons. The van der Waals surface area contributed by atoms with E-state index in [2.05, 4.69) is 5.32 Å². The van der Waals surface area contributed by atoms with Crippen molar-refractivity contribution in [3.63, 3.8) is 0 Å². The fourth-order valence-electron chi connectivity index (χ4n) is 2.93. The molecule has 0 aliphatic heterocycles. The summed E-state index contributed by atoms with van der Waals surface area (Å²) in [6.07, 6.45) is 0.655. The minimum atomic E-state index is -1.07. The van der Waals surface area contributed by atoms with Gasteiger partial charge in [0.25, 0.3) is 5.91 Å². The van der Waals surface area contributed by atoms with Crippen molar-refractivity contribution in [1.82, 2.24) is 10.2 Å². The van der Waals surface area contributed by atoms with Crippen molar-refractivity contribution in [2.75, 3.05) is 39.4 Å². The van der Waals surface area contributed by atoms with Gasteiger partial charge in [0.05, 0.1) is 18.8 Å². The van der Waals surface area contributed by atoms with Gasteiger partial charge in [-0.15, -0.1) is 0 Å². The first kappa shape index (κ1) is 19.8. The average Bonchev–Trinajstić information content (AvgIpc) is 2.64. The third kappa shape index (κ3) is 5.01. The second-order valence-electron chi connectivity index (χ2n) is 5.91. The molecule has 0 fully saturated rings. The Balaban J connectivity index is 2.05. The first-order chi connectivity index (χ1) is 12.6. The van der Waals surface area contributed by atoms with Gasteiger partial charge in [-0.1, -0.05) is 24.3 Å². The molecule has 0 aliphatic carbocycles. The third-order valence-corrected chi connectivity index (χ3v) is 4.15. The van der Waals surface area contributed by atoms with Crippen LogP contribution in [0.3, 0.4) is 0 Å². The zero-order valence-electron chi connectivity index (χ0n) is 14.5. The summed E-state index contributed by atoms with van der Waals surface area (Å²) in [5.74, 6) is -1.39. The van der Waals surface area contributed by atoms with Gasteiger partial charge in [0, 0.05) is 30.6 Å². The molecular formula is C19H24N2O5. The van der Waals surface area contributed by atoms with Crippen LogP contribution < -0.4 is 5.32 Å². The van der Waals surface area contributed by atoms with Crippen molar-refractivity contribution in [3.8, 4) is 0 Å². The normalized spacial score (nSPS) is 11.0. The van der Waals surface area contributed by atoms with E-state index in [-0.39, 0.29) is 24.7 Å². The van der Waals surface area contributed by atoms with Crippen molar-refractivity contribution >= 4 is 22.6 Å². The standard InChI is InChI=1S/C19H24N2O5/c22-12-10-21(11-13-23)9-3-8-20-18(24)15-6-1-4-14-5-2-7-16(17(14)15)19(25)26/h1-2,4-7,22-23H,3,8-13H2,(H,20,24)(H,25,26). The van der Waals surface area contributed by atoms with Crippen molar-refractivity contribution in [1.29, 1.82) is 0 Å². The van der Waals surface area contributed by atoms with Gasteiger partial charge in [0.15, 0.2) is 0 Å². The number of aromatic carboxylic acids is 1. The summed E-state index contributed by atoms with van der Waals surface area (Å²) < 4.78 is 0. The van der Waals surface area contributed by atoms with Crippen LogP contribution in [0.1, 0.15) is 27.1 Å². The number of aliphatic hydroxyl groups excluding tert-OH is 2. The minimum absolute atomic E-state index is 0.0142. The van der Waals surface area contributed by atoms with Crippen LogP contribution in [0, 0.1) is 0 Å². The third-order valence-electron chi connectivity index (χ3n) is 4.15. The molecule has 0 aliphatic rings. The van der Waals surface area contributed by atoms with Gasteiger partial charge >= 0.3 is 5.97 Å². The monoisotopic (exact) mass is 360 g/mol. The summed E-state index contributed by atoms with van der Waals surface area (Å²) in [6, 6.07) is 10.1. The van der Waals surface area contributed by atoms with Crippen molar-refractivity contribution < 1.29 is 24.9 Å². The SMILES string of the molecule is O=C(O)c1cccc2cccc(C(=O)NCCCN(CCO)CCO)c12. The lowest BCUT2D eigenvalue weighted by atomic mass is 9.98. The largest absolute Gasteiger partial charge is 0.478 e. The molecule has 7 nitrogen and oxygen atoms in total. The molecule has 0 unspecified atom stereocenters. The fourth-order valence-corrected chi connectivity index (χ4v) is 2.93. The first-order valence-corrected chi connectivity index (χ1v) is 8.55. The van der Waals surface area contributed by atoms with E-state index >= 15 is 0 Å². The van der Waals surface area contributed by atoms with E-state index in [1.807, 2.05) is 4.90 Å². The average molecular weight is 360 g/mol. The van der Waals surface area contributed by atoms with Gasteiger partial charge in [-0.2, -0.15) is 0 Å². The Morgan fingerprint density at radius 2 is 1.54 bits per heavy atom. The number of nitrogens with one attached hydrogen (secondary N) is 1. The van der Waals surface area contributed by atoms with Crippen molar-refractivity contribution in [2.24, 2.45) is 0 Å². The Bertz CT molecular complexity index is 751. The lowest BCUT2D eigenvalue weighted by Gasteiger charge is -2.20. The number of fused-ring (bicyclic) bond motifs is 1. The van der Waals surface area contributed by atoms with E-state index in [0.29, 0.717) is 48.9 Å². The molecule has 4 N–H and O–H groups in total. The Hall–Kier alpha value is -2.48. The molecule has 0 saturated carbocycles. The molecule has 7 heteroatoms. The van der Waals surface area contributed by atoms with Gasteiger partial charge in [-0.25, -0.2) is 4.79 Å². The van der Waals surface area contributed by atoms with Crippen LogP contribution in [-0.4, -0.2) is 71.5 Å². The van der Waals surface area contributed by atoms with Gasteiger partial charge in [-0.05, 0) is 30.5 Å². The Labute approximate surface area is 151 Å². The zero-order valence-corrected chi connectivity index (χ0v) is 14.5. The fraction of sp³-hybridized carbons (Fsp3) is 0.368. The van der Waals surface area contributed by atoms with Gasteiger partial charge < -0.3 is 20.6 Å². The number of amides is 1. The maximum absolute atomic E-state index is 12.5. The molecule has 0 aromatic heterocycles. The summed E-state index contributed by atoms with van der Waals surface area (Å²) in [5.41, 5.74) is 0.438. The molecule has 26 heavy (non-hydrogen) atoms. The highest BCUT2D eigenvalue weighted by atomic mass is 16.4. The predicted octanol–water partition coefficient (Wildman–Crippen LogP) is 0.945. The first-order valence-electron chi connectivity index (χ1n) is 8.55. The number of carbonyl (C=O) groups excluding carboxylic acids is 1. The summed E-state index contributed by atoms with van der Waals surface area (Å²) >= 11 is 0. The Morgan fingerprint density at radius 1 is 0.923 bits per heavy atom. The van der Waals surface area contributed by atoms with Gasteiger partial charge in [0.2, 0.25) is 0 Å². The van der Waals surface area contributed by atoms with Crippen LogP contribution in [-0.2, 0) is 0 Å². The number of carboxylic acids is 1. The van der Waals surface area contributed by atoms with Gasteiger partial charge in [-0.3, -0.25) is 9.69 Å². The molecule has 0 saturated heterocycles. The molecule has 2 aromatic carbocycles. The van der Waals surface area contributed by atoms with Crippen LogP contribution in [0.4, 0.5) is 0 Å². The highest BCUT2D eigenvalue weighted by Crippen LogP contribution is 2.23. The van der Waals surface area contributed by atoms with E-state index in [0.717, 1.165) is 0 Å². The molecular weight excluding hydrogens is 336 g/mol. The summed E-state index contributed by atoms with van der Waals surface area (Å²) in [4.78, 5) is 25.9. The molecule has 0 atom stereocenters. The van der Waals surface area contributed by atoms with E-state index in [1.54, 1.807) is 30.3 Å². The number of benzene rings is 2. The lowest BCUT2D eigenvalue weighted by molar-refractivity contribution is 0.0699. The van der Waals surface area contributed by atoms with Crippen LogP contribution in [0.15, 0.2) is 36.4 Å². The highest BCUT2D eigenvalue weighted by Gasteiger charge is 2.16. The molecule has 0 bridgehead atoms. The Morgan fingerprint density at radius 3 is 2.12 bits per heavy atom. The summed E-state index contributed by atoms with van der Waals surface area (Å²) in [7, 11) is 0. The predicted molar refractivity (Wildman–Crippen MR) is 98.5 cm³/mol. The number of carbonyl (C=O) groups is 2. The molecule has 1 amide bonds. The van der Waals surface area contributed by atoms with E-state index < -0.39 is 5.97 Å². The second-order valence-corrected chi connectivity index (χ2v) is 5.91. The van der Waals surface area contributed by atoms with E-state index in [1.165, 1.54) is 6.07 Å². The Kier molecular flexibility index (Phi) is 7.53. The topological polar surface area (TPSA) is 110 Å². The quantitative estimate of drug-likeness (QED) is 0.470. The van der Waals surface area contributed by atoms with Gasteiger partial charge in [0.1, 0.15) is 0 Å². The summed E-state index contributed by atoms with van der Waals surface area (Å²) in [6.45, 7) is 2.02. The maximum Gasteiger partial charge on any atom is 0.336 e. The van der Waals surface area contributed by atoms with Crippen molar-refractivity contribution in [2.45, 2.75) is 6.42 Å². The number of carboxylic acid groups (broad SMARTS) is 1. The number of nitrogens with zero attached hydrogens (tertiary/aromatic N) is 1. The maximum atomic E-state index is 12.5. The zero-order chi connectivity index (χ0) is 18.9. The van der Waals surface area contributed by atoms with Crippen LogP contribution >= 0.6 is 0 Å². The van der Waals surface area contributed by atoms with Crippen LogP contribution in [0.5, 0.6) is 0 Å². The molecule has 0 spiro atoms. The van der Waals surface area contributed by atoms with Crippen LogP contribution in [0.25, 0.3) is 10.8 Å². The number of hydrogen-bond donors (Lipinski definition) is 4. The lowest BCUT2D eigenvalue weighted by Crippen LogP contribution is -2.33. The smallest absolute Gasteiger partial charge is 0.336 e. The minimum Gasteiger partial charge on any atom is -0.478 e. The van der Waals surface area contributed by atoms with Crippen molar-refractivity contribution in [3.05, 3.63) is 47.5 Å². The summed E-state index contributed by atoms with van der Waals surface area (Å²) in [5, 5.41) is 31.3. The molecule has 2 aromatic rings. The molecule has 2 rings (SSSR count). The number of rotatable bonds is 10. The number of aliphatic hydroxyl groups is 2. The van der Waals surface area contributed by atoms with E-state index in [9.17, 15) is 14.7 Å². The molecule has 140 valence electrons. The highest BCUT2D eigenvalue weighted by molar-refractivity contribution is 6.14. The number of hydrogen-bond acceptors (Lipinski definition) is 5.